The van der Waals surface area contributed by atoms with Gasteiger partial charge in [0, 0.05) is 34.8 Å². The first kappa shape index (κ1) is 26.5. The van der Waals surface area contributed by atoms with Gasteiger partial charge in [-0.1, -0.05) is 54.6 Å². The molecule has 0 saturated heterocycles. The molecule has 2 aromatic heterocycles. The number of fused-ring (bicyclic) bond motifs is 2. The molecule has 3 unspecified atom stereocenters. The maximum Gasteiger partial charge on any atom is 0.312 e. The van der Waals surface area contributed by atoms with E-state index in [1.807, 2.05) is 42.5 Å². The van der Waals surface area contributed by atoms with Gasteiger partial charge in [-0.25, -0.2) is 18.2 Å². The number of nitrogens with zero attached hydrogens (tertiary/aromatic N) is 2. The number of aliphatic carboxylic acids is 1. The predicted molar refractivity (Wildman–Crippen MR) is 159 cm³/mol. The summed E-state index contributed by atoms with van der Waals surface area (Å²) in [6, 6.07) is 20.2. The van der Waals surface area contributed by atoms with Crippen LogP contribution in [0.25, 0.3) is 44.4 Å². The number of hydrogen-bond donors (Lipinski definition) is 3. The average Bonchev–Trinajstić information content (AvgIpc) is 3.45. The van der Waals surface area contributed by atoms with Crippen molar-refractivity contribution in [2.24, 2.45) is 23.2 Å². The van der Waals surface area contributed by atoms with E-state index in [0.717, 1.165) is 42.5 Å². The highest BCUT2D eigenvalue weighted by molar-refractivity contribution is 5.98. The number of carboxylic acid groups (broad SMARTS) is 1. The van der Waals surface area contributed by atoms with Gasteiger partial charge >= 0.3 is 5.97 Å². The first-order chi connectivity index (χ1) is 21.3. The summed E-state index contributed by atoms with van der Waals surface area (Å²) in [7, 11) is 0. The third-order valence-corrected chi connectivity index (χ3v) is 10.3. The number of benzene rings is 3. The molecular formula is C35H25F3N4O2. The number of anilines is 1. The van der Waals surface area contributed by atoms with Crippen LogP contribution in [0, 0.1) is 52.0 Å². The number of H-pyrrole nitrogens is 1. The van der Waals surface area contributed by atoms with E-state index in [0.29, 0.717) is 5.56 Å². The molecule has 4 saturated carbocycles. The average molecular weight is 591 g/mol. The normalized spacial score (nSPS) is 24.7. The minimum Gasteiger partial charge on any atom is -0.481 e. The topological polar surface area (TPSA) is 102 Å². The molecule has 0 radical (unpaired) electrons. The molecule has 4 aliphatic carbocycles. The molecule has 3 N–H and O–H groups in total. The van der Waals surface area contributed by atoms with Gasteiger partial charge in [0.1, 0.15) is 17.7 Å². The molecule has 4 aliphatic rings. The molecule has 6 nitrogen and oxygen atoms in total. The van der Waals surface area contributed by atoms with E-state index < -0.39 is 34.9 Å². The minimum atomic E-state index is -0.977. The van der Waals surface area contributed by atoms with E-state index in [4.69, 9.17) is 0 Å². The van der Waals surface area contributed by atoms with Crippen LogP contribution < -0.4 is 5.32 Å². The molecule has 0 spiro atoms. The van der Waals surface area contributed by atoms with E-state index in [9.17, 15) is 23.9 Å². The van der Waals surface area contributed by atoms with Crippen molar-refractivity contribution in [2.75, 3.05) is 5.32 Å². The van der Waals surface area contributed by atoms with E-state index in [1.165, 1.54) is 6.20 Å². The molecule has 5 atom stereocenters. The van der Waals surface area contributed by atoms with Gasteiger partial charge in [-0.15, -0.1) is 0 Å². The zero-order valence-electron chi connectivity index (χ0n) is 23.2. The lowest BCUT2D eigenvalue weighted by molar-refractivity contribution is -0.248. The van der Waals surface area contributed by atoms with E-state index >= 15 is 4.39 Å². The molecule has 0 amide bonds. The van der Waals surface area contributed by atoms with Gasteiger partial charge in [-0.05, 0) is 59.8 Å². The van der Waals surface area contributed by atoms with Crippen molar-refractivity contribution < 1.29 is 23.1 Å². The SMILES string of the molecule is N#Cc1c(-c2c[nH]c3c(F)cc(F)cc23)nc(N[C@H]2C3CCC4CC3[C@@]42C(=O)O)c(F)c1-c1ccc(-c2ccccc2)cc1. The fourth-order valence-corrected chi connectivity index (χ4v) is 8.32. The van der Waals surface area contributed by atoms with Crippen LogP contribution in [0.5, 0.6) is 0 Å². The van der Waals surface area contributed by atoms with Crippen molar-refractivity contribution >= 4 is 22.7 Å². The van der Waals surface area contributed by atoms with Crippen LogP contribution >= 0.6 is 0 Å². The number of pyridine rings is 1. The number of nitriles is 1. The van der Waals surface area contributed by atoms with Crippen molar-refractivity contribution in [1.29, 1.82) is 5.26 Å². The van der Waals surface area contributed by atoms with Crippen molar-refractivity contribution in [3.8, 4) is 39.6 Å². The second-order valence-electron chi connectivity index (χ2n) is 12.1. The summed E-state index contributed by atoms with van der Waals surface area (Å²) in [6.07, 6.45) is 3.95. The van der Waals surface area contributed by atoms with Gasteiger partial charge in [0.05, 0.1) is 22.2 Å². The number of aromatic amines is 1. The summed E-state index contributed by atoms with van der Waals surface area (Å²) >= 11 is 0. The van der Waals surface area contributed by atoms with Gasteiger partial charge in [-0.2, -0.15) is 5.26 Å². The largest absolute Gasteiger partial charge is 0.481 e. The smallest absolute Gasteiger partial charge is 0.312 e. The lowest BCUT2D eigenvalue weighted by Gasteiger charge is -2.74. The lowest BCUT2D eigenvalue weighted by atomic mass is 9.30. The Morgan fingerprint density at radius 3 is 2.43 bits per heavy atom. The molecular weight excluding hydrogens is 565 g/mol. The van der Waals surface area contributed by atoms with Crippen LogP contribution in [0.1, 0.15) is 24.8 Å². The summed E-state index contributed by atoms with van der Waals surface area (Å²) in [5, 5.41) is 24.0. The Kier molecular flexibility index (Phi) is 5.70. The Morgan fingerprint density at radius 2 is 1.75 bits per heavy atom. The lowest BCUT2D eigenvalue weighted by Crippen LogP contribution is -2.79. The van der Waals surface area contributed by atoms with Crippen LogP contribution in [-0.4, -0.2) is 27.1 Å². The van der Waals surface area contributed by atoms with Crippen LogP contribution in [0.2, 0.25) is 0 Å². The number of carbonyl (C=O) groups is 1. The molecule has 4 fully saturated rings. The summed E-state index contributed by atoms with van der Waals surface area (Å²) in [4.78, 5) is 19.9. The van der Waals surface area contributed by atoms with Crippen LogP contribution in [0.3, 0.4) is 0 Å². The molecule has 5 aromatic rings. The highest BCUT2D eigenvalue weighted by Crippen LogP contribution is 2.74. The second kappa shape index (κ2) is 9.45. The number of rotatable bonds is 6. The number of carboxylic acids is 1. The van der Waals surface area contributed by atoms with Gasteiger partial charge in [0.2, 0.25) is 0 Å². The molecule has 3 aromatic carbocycles. The zero-order valence-corrected chi connectivity index (χ0v) is 23.2. The Morgan fingerprint density at radius 1 is 1.02 bits per heavy atom. The third-order valence-electron chi connectivity index (χ3n) is 10.3. The molecule has 9 rings (SSSR count). The fraction of sp³-hybridized carbons (Fsp3) is 0.229. The first-order valence-corrected chi connectivity index (χ1v) is 14.6. The second-order valence-corrected chi connectivity index (χ2v) is 12.1. The molecule has 2 heterocycles. The maximum absolute atomic E-state index is 16.7. The van der Waals surface area contributed by atoms with Crippen LogP contribution in [-0.2, 0) is 4.79 Å². The maximum atomic E-state index is 16.7. The third kappa shape index (κ3) is 3.48. The number of halogens is 3. The number of hydrogen-bond acceptors (Lipinski definition) is 4. The van der Waals surface area contributed by atoms with E-state index in [-0.39, 0.29) is 56.9 Å². The quantitative estimate of drug-likeness (QED) is 0.188. The Labute approximate surface area is 250 Å². The molecule has 4 bridgehead atoms. The summed E-state index contributed by atoms with van der Waals surface area (Å²) < 4.78 is 45.7. The van der Waals surface area contributed by atoms with E-state index in [2.05, 4.69) is 21.4 Å². The van der Waals surface area contributed by atoms with E-state index in [1.54, 1.807) is 12.1 Å². The Hall–Kier alpha value is -5.10. The summed E-state index contributed by atoms with van der Waals surface area (Å²) in [5.41, 5.74) is 1.46. The standard InChI is InChI=1S/C35H25F3N4O2/c36-21-13-23-25(16-40-31(23)27(37)14-21)30-24(15-39)28(19-8-6-18(7-9-19)17-4-2-1-3-5-17)29(38)33(41-30)42-32-22-11-10-20-12-26(22)35(20,32)34(43)44/h1-9,13-14,16,20,22,26,32,40H,10-12H2,(H,41,42)(H,43,44)/t20?,22?,26?,32-,35-/m0/s1. The zero-order chi connectivity index (χ0) is 30.3. The summed E-state index contributed by atoms with van der Waals surface area (Å²) in [6.45, 7) is 0. The minimum absolute atomic E-state index is 0.0120. The number of nitrogens with one attached hydrogen (secondary N) is 2. The molecule has 218 valence electrons. The van der Waals surface area contributed by atoms with Crippen LogP contribution in [0.4, 0.5) is 19.0 Å². The molecule has 0 aliphatic heterocycles. The van der Waals surface area contributed by atoms with Crippen LogP contribution in [0.15, 0.2) is 72.9 Å². The number of aromatic nitrogens is 2. The van der Waals surface area contributed by atoms with Crippen molar-refractivity contribution in [3.63, 3.8) is 0 Å². The highest BCUT2D eigenvalue weighted by atomic mass is 19.1. The fourth-order valence-electron chi connectivity index (χ4n) is 8.32. The molecule has 44 heavy (non-hydrogen) atoms. The monoisotopic (exact) mass is 590 g/mol. The Balaban J connectivity index is 1.32. The first-order valence-electron chi connectivity index (χ1n) is 14.6. The van der Waals surface area contributed by atoms with Crippen molar-refractivity contribution in [1.82, 2.24) is 9.97 Å². The van der Waals surface area contributed by atoms with Crippen molar-refractivity contribution in [3.05, 3.63) is 95.9 Å². The van der Waals surface area contributed by atoms with Crippen molar-refractivity contribution in [2.45, 2.75) is 25.3 Å². The highest BCUT2D eigenvalue weighted by Gasteiger charge is 2.78. The van der Waals surface area contributed by atoms with Gasteiger partial charge in [0.25, 0.3) is 0 Å². The Bertz CT molecular complexity index is 2030. The predicted octanol–water partition coefficient (Wildman–Crippen LogP) is 7.76. The molecule has 9 heteroatoms. The van der Waals surface area contributed by atoms with Gasteiger partial charge in [0.15, 0.2) is 11.6 Å². The van der Waals surface area contributed by atoms with Gasteiger partial charge < -0.3 is 15.4 Å². The van der Waals surface area contributed by atoms with Gasteiger partial charge in [-0.3, -0.25) is 4.79 Å². The summed E-state index contributed by atoms with van der Waals surface area (Å²) in [5.74, 6) is -3.35.